The number of Topliss-reactive ketones (excluding diaryl/α,β-unsaturated/α-hetero) is 1. The molecule has 3 heterocycles. The Morgan fingerprint density at radius 2 is 2.00 bits per heavy atom. The van der Waals surface area contributed by atoms with E-state index in [2.05, 4.69) is 5.32 Å². The van der Waals surface area contributed by atoms with E-state index in [0.717, 1.165) is 11.4 Å². The molecule has 0 bridgehead atoms. The van der Waals surface area contributed by atoms with E-state index in [1.54, 1.807) is 0 Å². The van der Waals surface area contributed by atoms with E-state index in [-0.39, 0.29) is 11.5 Å². The first-order chi connectivity index (χ1) is 12.6. The van der Waals surface area contributed by atoms with Crippen molar-refractivity contribution in [3.05, 3.63) is 65.3 Å². The second-order valence-electron chi connectivity index (χ2n) is 6.07. The largest absolute Gasteiger partial charge is 0.506 e. The minimum atomic E-state index is -0.0129. The number of aliphatic hydroxyl groups is 1. The van der Waals surface area contributed by atoms with Crippen molar-refractivity contribution in [2.24, 2.45) is 5.84 Å². The fourth-order valence-electron chi connectivity index (χ4n) is 3.30. The number of hydrogen-bond acceptors (Lipinski definition) is 7. The Morgan fingerprint density at radius 3 is 2.73 bits per heavy atom. The monoisotopic (exact) mass is 369 g/mol. The number of anilines is 2. The molecule has 1 aromatic carbocycles. The van der Waals surface area contributed by atoms with Crippen LogP contribution in [-0.4, -0.2) is 27.9 Å². The lowest BCUT2D eigenvalue weighted by Gasteiger charge is -2.23. The van der Waals surface area contributed by atoms with Crippen LogP contribution in [0.2, 0.25) is 0 Å². The molecule has 0 saturated carbocycles. The Hall–Kier alpha value is -2.84. The van der Waals surface area contributed by atoms with Crippen LogP contribution in [0.1, 0.15) is 21.7 Å². The second kappa shape index (κ2) is 6.47. The van der Waals surface area contributed by atoms with Crippen molar-refractivity contribution < 1.29 is 9.90 Å². The predicted molar refractivity (Wildman–Crippen MR) is 105 cm³/mol. The molecule has 0 aliphatic carbocycles. The molecule has 0 unspecified atom stereocenters. The van der Waals surface area contributed by atoms with Gasteiger partial charge in [0.25, 0.3) is 0 Å². The summed E-state index contributed by atoms with van der Waals surface area (Å²) in [5, 5.41) is 14.8. The van der Waals surface area contributed by atoms with Crippen LogP contribution in [0.25, 0.3) is 5.57 Å². The molecule has 134 valence electrons. The summed E-state index contributed by atoms with van der Waals surface area (Å²) >= 11 is 1.52. The molecular formula is C18H19N5O2S. The molecule has 0 saturated heterocycles. The molecule has 0 radical (unpaired) electrons. The summed E-state index contributed by atoms with van der Waals surface area (Å²) in [4.78, 5) is 12.7. The molecule has 0 amide bonds. The Morgan fingerprint density at radius 1 is 1.23 bits per heavy atom. The smallest absolute Gasteiger partial charge is 0.176 e. The zero-order valence-corrected chi connectivity index (χ0v) is 14.8. The highest BCUT2D eigenvalue weighted by atomic mass is 32.2. The minimum absolute atomic E-state index is 0.0129. The van der Waals surface area contributed by atoms with Gasteiger partial charge in [-0.2, -0.15) is 0 Å². The normalized spacial score (nSPS) is 16.4. The summed E-state index contributed by atoms with van der Waals surface area (Å²) in [6, 6.07) is 9.36. The van der Waals surface area contributed by atoms with Gasteiger partial charge in [-0.25, -0.2) is 5.84 Å². The van der Waals surface area contributed by atoms with Gasteiger partial charge in [-0.15, -0.1) is 11.8 Å². The number of dihydropyridines is 1. The molecule has 8 heteroatoms. The van der Waals surface area contributed by atoms with Gasteiger partial charge in [0.1, 0.15) is 5.76 Å². The number of nitrogens with one attached hydrogen (secondary N) is 1. The summed E-state index contributed by atoms with van der Waals surface area (Å²) in [7, 11) is 0. The molecular weight excluding hydrogens is 350 g/mol. The van der Waals surface area contributed by atoms with E-state index < -0.39 is 0 Å². The number of fused-ring (bicyclic) bond motifs is 1. The Bertz CT molecular complexity index is 933. The van der Waals surface area contributed by atoms with Crippen LogP contribution in [0.5, 0.6) is 0 Å². The fourth-order valence-corrected chi connectivity index (χ4v) is 4.21. The van der Waals surface area contributed by atoms with Crippen molar-refractivity contribution in [3.63, 3.8) is 0 Å². The first-order valence-electron chi connectivity index (χ1n) is 8.16. The topological polar surface area (TPSA) is 110 Å². The van der Waals surface area contributed by atoms with Gasteiger partial charge in [-0.05, 0) is 12.1 Å². The molecule has 4 rings (SSSR count). The lowest BCUT2D eigenvalue weighted by atomic mass is 10.0. The summed E-state index contributed by atoms with van der Waals surface area (Å²) in [5.74, 6) is 13.8. The number of allylic oxidation sites excluding steroid dienone is 1. The Labute approximate surface area is 154 Å². The van der Waals surface area contributed by atoms with Gasteiger partial charge < -0.3 is 16.3 Å². The van der Waals surface area contributed by atoms with Crippen molar-refractivity contribution in [3.8, 4) is 0 Å². The first kappa shape index (κ1) is 16.6. The van der Waals surface area contributed by atoms with Crippen molar-refractivity contribution in [2.75, 3.05) is 23.1 Å². The van der Waals surface area contributed by atoms with Gasteiger partial charge in [0.05, 0.1) is 34.1 Å². The zero-order valence-electron chi connectivity index (χ0n) is 14.0. The highest BCUT2D eigenvalue weighted by Crippen LogP contribution is 2.42. The zero-order chi connectivity index (χ0) is 18.3. The molecule has 0 spiro atoms. The number of carbonyl (C=O) groups excluding carboxylic acids is 1. The van der Waals surface area contributed by atoms with Gasteiger partial charge in [-0.3, -0.25) is 14.5 Å². The van der Waals surface area contributed by atoms with Gasteiger partial charge in [-0.1, -0.05) is 24.3 Å². The molecule has 1 aromatic heterocycles. The molecule has 2 aliphatic heterocycles. The maximum Gasteiger partial charge on any atom is 0.176 e. The van der Waals surface area contributed by atoms with E-state index in [1.165, 1.54) is 27.6 Å². The quantitative estimate of drug-likeness (QED) is 0.484. The van der Waals surface area contributed by atoms with E-state index >= 15 is 0 Å². The van der Waals surface area contributed by atoms with E-state index in [0.29, 0.717) is 40.6 Å². The van der Waals surface area contributed by atoms with Crippen LogP contribution in [0, 0.1) is 0 Å². The van der Waals surface area contributed by atoms with Gasteiger partial charge in [0, 0.05) is 24.1 Å². The van der Waals surface area contributed by atoms with E-state index in [1.807, 2.05) is 36.4 Å². The van der Waals surface area contributed by atoms with E-state index in [4.69, 9.17) is 11.7 Å². The van der Waals surface area contributed by atoms with Crippen LogP contribution < -0.4 is 22.0 Å². The van der Waals surface area contributed by atoms with Crippen LogP contribution in [0.3, 0.4) is 0 Å². The highest BCUT2D eigenvalue weighted by molar-refractivity contribution is 7.99. The fraction of sp³-hybridized carbons (Fsp3) is 0.167. The molecule has 2 aromatic rings. The average Bonchev–Trinajstić information content (AvgIpc) is 2.96. The van der Waals surface area contributed by atoms with Crippen molar-refractivity contribution in [1.29, 1.82) is 0 Å². The third-order valence-electron chi connectivity index (χ3n) is 4.50. The lowest BCUT2D eigenvalue weighted by molar-refractivity contribution is 0.102. The Kier molecular flexibility index (Phi) is 4.14. The third-order valence-corrected chi connectivity index (χ3v) is 5.45. The minimum Gasteiger partial charge on any atom is -0.506 e. The number of nitrogens with zero attached hydrogens (tertiary/aromatic N) is 2. The van der Waals surface area contributed by atoms with Crippen LogP contribution in [-0.2, 0) is 5.75 Å². The highest BCUT2D eigenvalue weighted by Gasteiger charge is 2.34. The number of rotatable bonds is 3. The number of benzene rings is 1. The summed E-state index contributed by atoms with van der Waals surface area (Å²) in [6.07, 6.45) is 3.35. The Balaban J connectivity index is 1.98. The number of hydrogen-bond donors (Lipinski definition) is 4. The number of hydrazine groups is 1. The molecule has 2 aliphatic rings. The number of carbonyl (C=O) groups is 1. The van der Waals surface area contributed by atoms with Crippen LogP contribution in [0.15, 0.2) is 48.4 Å². The average molecular weight is 369 g/mol. The van der Waals surface area contributed by atoms with Crippen molar-refractivity contribution in [1.82, 2.24) is 9.99 Å². The van der Waals surface area contributed by atoms with Gasteiger partial charge in [0.15, 0.2) is 5.78 Å². The SMILES string of the molecule is NN(c1ccccc1)c1c2c(n(N)c1C1=CCNC=C1O)CSCC2=O. The van der Waals surface area contributed by atoms with E-state index in [9.17, 15) is 9.90 Å². The lowest BCUT2D eigenvalue weighted by Crippen LogP contribution is -2.28. The number of aromatic nitrogens is 1. The number of ketones is 1. The second-order valence-corrected chi connectivity index (χ2v) is 7.05. The number of para-hydroxylation sites is 1. The van der Waals surface area contributed by atoms with Crippen molar-refractivity contribution in [2.45, 2.75) is 5.75 Å². The number of thioether (sulfide) groups is 1. The van der Waals surface area contributed by atoms with Crippen LogP contribution in [0.4, 0.5) is 11.4 Å². The van der Waals surface area contributed by atoms with Crippen LogP contribution >= 0.6 is 11.8 Å². The summed E-state index contributed by atoms with van der Waals surface area (Å²) < 4.78 is 1.48. The summed E-state index contributed by atoms with van der Waals surface area (Å²) in [6.45, 7) is 0.549. The summed E-state index contributed by atoms with van der Waals surface area (Å²) in [5.41, 5.74) is 3.58. The molecule has 0 fully saturated rings. The third kappa shape index (κ3) is 2.54. The molecule has 0 atom stereocenters. The van der Waals surface area contributed by atoms with Gasteiger partial charge >= 0.3 is 0 Å². The van der Waals surface area contributed by atoms with Crippen molar-refractivity contribution >= 4 is 34.5 Å². The number of nitrogen functional groups attached to an aromatic ring is 1. The van der Waals surface area contributed by atoms with Gasteiger partial charge in [0.2, 0.25) is 0 Å². The maximum atomic E-state index is 12.7. The molecule has 26 heavy (non-hydrogen) atoms. The molecule has 7 nitrogen and oxygen atoms in total. The standard InChI is InChI=1S/C18H19N5O2S/c19-22(11-4-2-1-3-5-11)18-16-13(9-26-10-15(16)25)23(20)17(18)12-6-7-21-8-14(12)24/h1-6,8,21,24H,7,9-10,19-20H2. The predicted octanol–water partition coefficient (Wildman–Crippen LogP) is 2.03. The molecule has 6 N–H and O–H groups in total. The maximum absolute atomic E-state index is 12.7. The number of aliphatic hydroxyl groups excluding tert-OH is 1. The first-order valence-corrected chi connectivity index (χ1v) is 9.32. The number of nitrogens with two attached hydrogens (primary N) is 2.